The van der Waals surface area contributed by atoms with Gasteiger partial charge in [0.2, 0.25) is 10.0 Å². The third-order valence-electron chi connectivity index (χ3n) is 5.68. The molecule has 2 N–H and O–H groups in total. The van der Waals surface area contributed by atoms with Gasteiger partial charge in [-0.2, -0.15) is 4.31 Å². The van der Waals surface area contributed by atoms with Crippen molar-refractivity contribution in [2.75, 3.05) is 38.1 Å². The van der Waals surface area contributed by atoms with E-state index in [1.54, 1.807) is 35.5 Å². The van der Waals surface area contributed by atoms with Crippen LogP contribution in [0.1, 0.15) is 18.4 Å². The second-order valence-corrected chi connectivity index (χ2v) is 9.86. The smallest absolute Gasteiger partial charge is 0.319 e. The van der Waals surface area contributed by atoms with Gasteiger partial charge in [0, 0.05) is 57.4 Å². The molecule has 10 nitrogen and oxygen atoms in total. The molecule has 0 bridgehead atoms. The average molecular weight is 474 g/mol. The van der Waals surface area contributed by atoms with Gasteiger partial charge < -0.3 is 20.3 Å². The SMILES string of the molecule is O=C(NCc1cccnc1)Nc1ccc(S(=O)(=O)N2CCN(C(=O)C3CCCO3)CC2)cc1. The lowest BCUT2D eigenvalue weighted by molar-refractivity contribution is -0.142. The molecular formula is C22H27N5O5S. The number of hydrogen-bond acceptors (Lipinski definition) is 6. The minimum atomic E-state index is -3.69. The van der Waals surface area contributed by atoms with Gasteiger partial charge in [-0.3, -0.25) is 9.78 Å². The lowest BCUT2D eigenvalue weighted by Crippen LogP contribution is -2.52. The van der Waals surface area contributed by atoms with Crippen LogP contribution < -0.4 is 10.6 Å². The van der Waals surface area contributed by atoms with E-state index in [0.29, 0.717) is 31.9 Å². The van der Waals surface area contributed by atoms with Crippen LogP contribution in [0.4, 0.5) is 10.5 Å². The molecule has 1 unspecified atom stereocenters. The number of piperazine rings is 1. The van der Waals surface area contributed by atoms with Crippen molar-refractivity contribution >= 4 is 27.6 Å². The quantitative estimate of drug-likeness (QED) is 0.655. The predicted molar refractivity (Wildman–Crippen MR) is 121 cm³/mol. The maximum atomic E-state index is 13.0. The van der Waals surface area contributed by atoms with Gasteiger partial charge in [0.25, 0.3) is 5.91 Å². The highest BCUT2D eigenvalue weighted by atomic mass is 32.2. The molecule has 176 valence electrons. The zero-order chi connectivity index (χ0) is 23.3. The minimum Gasteiger partial charge on any atom is -0.368 e. The Labute approximate surface area is 193 Å². The van der Waals surface area contributed by atoms with Gasteiger partial charge in [0.1, 0.15) is 6.10 Å². The summed E-state index contributed by atoms with van der Waals surface area (Å²) in [6, 6.07) is 9.27. The molecule has 33 heavy (non-hydrogen) atoms. The lowest BCUT2D eigenvalue weighted by Gasteiger charge is -2.35. The van der Waals surface area contributed by atoms with Crippen molar-refractivity contribution in [3.63, 3.8) is 0 Å². The average Bonchev–Trinajstić information content (AvgIpc) is 3.38. The second-order valence-electron chi connectivity index (χ2n) is 7.92. The van der Waals surface area contributed by atoms with Crippen LogP contribution in [0.25, 0.3) is 0 Å². The first-order valence-electron chi connectivity index (χ1n) is 10.9. The molecule has 2 fully saturated rings. The van der Waals surface area contributed by atoms with Crippen LogP contribution in [0.2, 0.25) is 0 Å². The Morgan fingerprint density at radius 1 is 1.09 bits per heavy atom. The molecule has 1 atom stereocenters. The third kappa shape index (κ3) is 5.67. The van der Waals surface area contributed by atoms with Gasteiger partial charge in [0.05, 0.1) is 4.90 Å². The molecule has 3 heterocycles. The van der Waals surface area contributed by atoms with Crippen LogP contribution >= 0.6 is 0 Å². The van der Waals surface area contributed by atoms with Gasteiger partial charge in [-0.15, -0.1) is 0 Å². The number of nitrogens with zero attached hydrogens (tertiary/aromatic N) is 3. The van der Waals surface area contributed by atoms with Crippen LogP contribution in [0.5, 0.6) is 0 Å². The van der Waals surface area contributed by atoms with E-state index in [1.165, 1.54) is 16.4 Å². The van der Waals surface area contributed by atoms with Crippen molar-refractivity contribution in [3.05, 3.63) is 54.4 Å². The molecule has 4 rings (SSSR count). The number of hydrogen-bond donors (Lipinski definition) is 2. The van der Waals surface area contributed by atoms with E-state index in [-0.39, 0.29) is 23.9 Å². The molecule has 0 spiro atoms. The Bertz CT molecular complexity index is 1060. The molecule has 2 aromatic rings. The Morgan fingerprint density at radius 3 is 2.48 bits per heavy atom. The van der Waals surface area contributed by atoms with Crippen LogP contribution in [-0.4, -0.2) is 73.4 Å². The van der Waals surface area contributed by atoms with E-state index in [1.807, 2.05) is 6.07 Å². The van der Waals surface area contributed by atoms with E-state index in [9.17, 15) is 18.0 Å². The largest absolute Gasteiger partial charge is 0.368 e. The number of benzene rings is 1. The van der Waals surface area contributed by atoms with Crippen LogP contribution in [0.3, 0.4) is 0 Å². The lowest BCUT2D eigenvalue weighted by atomic mass is 10.2. The molecule has 2 saturated heterocycles. The molecule has 3 amide bonds. The Hall–Kier alpha value is -3.02. The first-order chi connectivity index (χ1) is 15.9. The van der Waals surface area contributed by atoms with Crippen molar-refractivity contribution in [2.24, 2.45) is 0 Å². The summed E-state index contributed by atoms with van der Waals surface area (Å²) in [6.07, 6.45) is 4.53. The fourth-order valence-corrected chi connectivity index (χ4v) is 5.27. The second kappa shape index (κ2) is 10.3. The summed E-state index contributed by atoms with van der Waals surface area (Å²) in [5.74, 6) is -0.0539. The van der Waals surface area contributed by atoms with Gasteiger partial charge in [-0.05, 0) is 48.7 Å². The highest BCUT2D eigenvalue weighted by Gasteiger charge is 2.34. The van der Waals surface area contributed by atoms with E-state index in [2.05, 4.69) is 15.6 Å². The summed E-state index contributed by atoms with van der Waals surface area (Å²) in [5.41, 5.74) is 1.34. The van der Waals surface area contributed by atoms with Crippen molar-refractivity contribution < 1.29 is 22.7 Å². The maximum absolute atomic E-state index is 13.0. The number of pyridine rings is 1. The number of ether oxygens (including phenoxy) is 1. The maximum Gasteiger partial charge on any atom is 0.319 e. The normalized spacial score (nSPS) is 19.3. The molecule has 11 heteroatoms. The Morgan fingerprint density at radius 2 is 1.85 bits per heavy atom. The number of carbonyl (C=O) groups excluding carboxylic acids is 2. The Kier molecular flexibility index (Phi) is 7.21. The number of sulfonamides is 1. The Balaban J connectivity index is 1.29. The highest BCUT2D eigenvalue weighted by Crippen LogP contribution is 2.21. The molecule has 1 aromatic carbocycles. The van der Waals surface area contributed by atoms with Crippen molar-refractivity contribution in [1.29, 1.82) is 0 Å². The zero-order valence-electron chi connectivity index (χ0n) is 18.1. The molecule has 1 aromatic heterocycles. The van der Waals surface area contributed by atoms with Crippen molar-refractivity contribution in [2.45, 2.75) is 30.4 Å². The molecule has 2 aliphatic rings. The summed E-state index contributed by atoms with van der Waals surface area (Å²) in [4.78, 5) is 30.4. The summed E-state index contributed by atoms with van der Waals surface area (Å²) in [6.45, 7) is 2.08. The van der Waals surface area contributed by atoms with Crippen molar-refractivity contribution in [1.82, 2.24) is 19.5 Å². The summed E-state index contributed by atoms with van der Waals surface area (Å²) >= 11 is 0. The number of aromatic nitrogens is 1. The molecule has 0 radical (unpaired) electrons. The van der Waals surface area contributed by atoms with E-state index in [0.717, 1.165) is 18.4 Å². The zero-order valence-corrected chi connectivity index (χ0v) is 19.0. The predicted octanol–water partition coefficient (Wildman–Crippen LogP) is 1.42. The molecule has 0 saturated carbocycles. The molecular weight excluding hydrogens is 446 g/mol. The van der Waals surface area contributed by atoms with Gasteiger partial charge in [0.15, 0.2) is 0 Å². The highest BCUT2D eigenvalue weighted by molar-refractivity contribution is 7.89. The third-order valence-corrected chi connectivity index (χ3v) is 7.59. The van der Waals surface area contributed by atoms with Gasteiger partial charge in [-0.1, -0.05) is 6.07 Å². The molecule has 2 aliphatic heterocycles. The number of urea groups is 1. The summed E-state index contributed by atoms with van der Waals surface area (Å²) in [5, 5.41) is 5.40. The summed E-state index contributed by atoms with van der Waals surface area (Å²) in [7, 11) is -3.69. The molecule has 0 aliphatic carbocycles. The fourth-order valence-electron chi connectivity index (χ4n) is 3.84. The topological polar surface area (TPSA) is 121 Å². The van der Waals surface area contributed by atoms with E-state index in [4.69, 9.17) is 4.74 Å². The monoisotopic (exact) mass is 473 g/mol. The number of anilines is 1. The number of rotatable bonds is 6. The first kappa shape index (κ1) is 23.1. The van der Waals surface area contributed by atoms with Gasteiger partial charge >= 0.3 is 6.03 Å². The summed E-state index contributed by atoms with van der Waals surface area (Å²) < 4.78 is 32.8. The fraction of sp³-hybridized carbons (Fsp3) is 0.409. The minimum absolute atomic E-state index is 0.0539. The van der Waals surface area contributed by atoms with E-state index < -0.39 is 22.2 Å². The number of carbonyl (C=O) groups is 2. The van der Waals surface area contributed by atoms with Crippen LogP contribution in [0.15, 0.2) is 53.7 Å². The van der Waals surface area contributed by atoms with Crippen molar-refractivity contribution in [3.8, 4) is 0 Å². The standard InChI is InChI=1S/C22H27N5O5S/c28-21(20-4-2-14-32-20)26-10-12-27(13-11-26)33(30,31)19-7-5-18(6-8-19)25-22(29)24-16-17-3-1-9-23-15-17/h1,3,5-9,15,20H,2,4,10-14,16H2,(H2,24,25,29). The number of amides is 3. The van der Waals surface area contributed by atoms with Gasteiger partial charge in [-0.25, -0.2) is 13.2 Å². The number of nitrogens with one attached hydrogen (secondary N) is 2. The first-order valence-corrected chi connectivity index (χ1v) is 12.3. The van der Waals surface area contributed by atoms with Crippen LogP contribution in [-0.2, 0) is 26.1 Å². The van der Waals surface area contributed by atoms with E-state index >= 15 is 0 Å². The van der Waals surface area contributed by atoms with Crippen LogP contribution in [0, 0.1) is 0 Å².